The van der Waals surface area contributed by atoms with Crippen molar-refractivity contribution in [1.29, 1.82) is 0 Å². The number of nitrogens with zero attached hydrogens (tertiary/aromatic N) is 1. The monoisotopic (exact) mass is 438 g/mol. The van der Waals surface area contributed by atoms with Gasteiger partial charge in [-0.1, -0.05) is 66.7 Å². The number of alkyl carbamates (subject to hydrolysis) is 1. The summed E-state index contributed by atoms with van der Waals surface area (Å²) < 4.78 is 5.52. The number of hydrogen-bond acceptors (Lipinski definition) is 4. The molecule has 164 valence electrons. The van der Waals surface area contributed by atoms with Crippen molar-refractivity contribution in [2.45, 2.75) is 18.4 Å². The smallest absolute Gasteiger partial charge is 0.407 e. The average Bonchev–Trinajstić information content (AvgIpc) is 3.16. The van der Waals surface area contributed by atoms with Crippen molar-refractivity contribution >= 4 is 23.0 Å². The summed E-state index contributed by atoms with van der Waals surface area (Å²) in [6, 6.07) is 24.3. The number of aliphatic carboxylic acids is 1. The number of nitrogens with one attached hydrogen (secondary N) is 1. The van der Waals surface area contributed by atoms with Gasteiger partial charge < -0.3 is 15.2 Å². The van der Waals surface area contributed by atoms with Crippen molar-refractivity contribution in [3.05, 3.63) is 102 Å². The van der Waals surface area contributed by atoms with E-state index in [2.05, 4.69) is 22.4 Å². The average molecular weight is 438 g/mol. The molecule has 33 heavy (non-hydrogen) atoms. The van der Waals surface area contributed by atoms with E-state index in [-0.39, 0.29) is 18.9 Å². The van der Waals surface area contributed by atoms with E-state index in [4.69, 9.17) is 4.74 Å². The van der Waals surface area contributed by atoms with Crippen LogP contribution in [0.25, 0.3) is 22.0 Å². The van der Waals surface area contributed by atoms with E-state index in [0.29, 0.717) is 0 Å². The van der Waals surface area contributed by atoms with Crippen LogP contribution in [0.3, 0.4) is 0 Å². The molecule has 0 spiro atoms. The topological polar surface area (TPSA) is 88.5 Å². The van der Waals surface area contributed by atoms with Gasteiger partial charge >= 0.3 is 12.1 Å². The van der Waals surface area contributed by atoms with Crippen molar-refractivity contribution < 1.29 is 19.4 Å². The van der Waals surface area contributed by atoms with E-state index in [9.17, 15) is 14.7 Å². The molecule has 0 fully saturated rings. The third kappa shape index (κ3) is 4.03. The van der Waals surface area contributed by atoms with Gasteiger partial charge in [0.05, 0.1) is 5.52 Å². The Morgan fingerprint density at radius 3 is 2.24 bits per heavy atom. The zero-order valence-electron chi connectivity index (χ0n) is 17.8. The summed E-state index contributed by atoms with van der Waals surface area (Å²) in [6.07, 6.45) is 1.02. The van der Waals surface area contributed by atoms with E-state index in [0.717, 1.165) is 38.7 Å². The van der Waals surface area contributed by atoms with Crippen LogP contribution in [-0.4, -0.2) is 34.8 Å². The first-order valence-electron chi connectivity index (χ1n) is 10.8. The molecule has 1 heterocycles. The highest BCUT2D eigenvalue weighted by Crippen LogP contribution is 2.44. The molecule has 1 amide bonds. The van der Waals surface area contributed by atoms with Gasteiger partial charge in [0.15, 0.2) is 0 Å². The van der Waals surface area contributed by atoms with Crippen molar-refractivity contribution in [1.82, 2.24) is 10.3 Å². The zero-order chi connectivity index (χ0) is 22.8. The fourth-order valence-electron chi connectivity index (χ4n) is 4.54. The number of carbonyl (C=O) groups is 2. The maximum absolute atomic E-state index is 12.6. The van der Waals surface area contributed by atoms with Crippen LogP contribution in [0.15, 0.2) is 85.1 Å². The van der Waals surface area contributed by atoms with Crippen LogP contribution in [0.4, 0.5) is 4.79 Å². The number of rotatable bonds is 6. The molecular formula is C27H22N2O4. The van der Waals surface area contributed by atoms with Crippen molar-refractivity contribution in [3.8, 4) is 11.1 Å². The highest BCUT2D eigenvalue weighted by molar-refractivity contribution is 5.85. The van der Waals surface area contributed by atoms with Crippen molar-refractivity contribution in [2.24, 2.45) is 0 Å². The Kier molecular flexibility index (Phi) is 5.48. The van der Waals surface area contributed by atoms with Crippen molar-refractivity contribution in [3.63, 3.8) is 0 Å². The summed E-state index contributed by atoms with van der Waals surface area (Å²) in [6.45, 7) is 0.129. The van der Waals surface area contributed by atoms with E-state index in [1.54, 1.807) is 12.3 Å². The SMILES string of the molecule is O=C(N[C@@H](Cc1ccnc2ccccc12)C(=O)O)OCC1c2ccccc2-c2ccccc21. The second-order valence-corrected chi connectivity index (χ2v) is 8.05. The number of carboxylic acids is 1. The van der Waals surface area contributed by atoms with Gasteiger partial charge in [-0.05, 0) is 39.9 Å². The molecule has 1 aliphatic rings. The molecule has 0 saturated carbocycles. The number of hydrogen-bond donors (Lipinski definition) is 2. The fraction of sp³-hybridized carbons (Fsp3) is 0.148. The summed E-state index contributed by atoms with van der Waals surface area (Å²) in [5, 5.41) is 13.1. The number of amides is 1. The maximum Gasteiger partial charge on any atom is 0.407 e. The van der Waals surface area contributed by atoms with Crippen LogP contribution >= 0.6 is 0 Å². The molecular weight excluding hydrogens is 416 g/mol. The Morgan fingerprint density at radius 2 is 1.55 bits per heavy atom. The Hall–Kier alpha value is -4.19. The summed E-state index contributed by atoms with van der Waals surface area (Å²) in [5.41, 5.74) is 6.05. The minimum atomic E-state index is -1.12. The highest BCUT2D eigenvalue weighted by Gasteiger charge is 2.30. The van der Waals surface area contributed by atoms with Crippen molar-refractivity contribution in [2.75, 3.05) is 6.61 Å². The minimum Gasteiger partial charge on any atom is -0.480 e. The van der Waals surface area contributed by atoms with Gasteiger partial charge in [0.1, 0.15) is 12.6 Å². The molecule has 0 aliphatic heterocycles. The summed E-state index contributed by atoms with van der Waals surface area (Å²) in [4.78, 5) is 28.8. The molecule has 6 heteroatoms. The first-order chi connectivity index (χ1) is 16.1. The van der Waals surface area contributed by atoms with Crippen LogP contribution in [0, 0.1) is 0 Å². The lowest BCUT2D eigenvalue weighted by Crippen LogP contribution is -2.43. The van der Waals surface area contributed by atoms with Gasteiger partial charge in [-0.15, -0.1) is 0 Å². The molecule has 0 radical (unpaired) electrons. The largest absolute Gasteiger partial charge is 0.480 e. The standard InChI is InChI=1S/C27H22N2O4/c30-26(31)25(15-17-13-14-28-24-12-6-5-7-18(17)24)29-27(32)33-16-23-21-10-3-1-8-19(21)20-9-2-4-11-22(20)23/h1-14,23,25H,15-16H2,(H,29,32)(H,30,31)/t25-/m0/s1. The van der Waals surface area contributed by atoms with Crippen LogP contribution in [0.2, 0.25) is 0 Å². The number of carbonyl (C=O) groups excluding carboxylic acids is 1. The van der Waals surface area contributed by atoms with Gasteiger partial charge in [-0.25, -0.2) is 9.59 Å². The maximum atomic E-state index is 12.6. The van der Waals surface area contributed by atoms with Gasteiger partial charge in [-0.2, -0.15) is 0 Å². The number of para-hydroxylation sites is 1. The van der Waals surface area contributed by atoms with E-state index in [1.165, 1.54) is 0 Å². The normalized spacial score (nSPS) is 13.2. The van der Waals surface area contributed by atoms with Crippen LogP contribution < -0.4 is 5.32 Å². The molecule has 1 aliphatic carbocycles. The molecule has 1 atom stereocenters. The first-order valence-corrected chi connectivity index (χ1v) is 10.8. The Bertz CT molecular complexity index is 1300. The fourth-order valence-corrected chi connectivity index (χ4v) is 4.54. The van der Waals surface area contributed by atoms with E-state index in [1.807, 2.05) is 60.7 Å². The Labute approximate surface area is 190 Å². The Morgan fingerprint density at radius 1 is 0.909 bits per heavy atom. The molecule has 2 N–H and O–H groups in total. The molecule has 0 bridgehead atoms. The number of benzene rings is 3. The predicted molar refractivity (Wildman–Crippen MR) is 125 cm³/mol. The number of pyridine rings is 1. The molecule has 0 saturated heterocycles. The lowest BCUT2D eigenvalue weighted by Gasteiger charge is -2.18. The zero-order valence-corrected chi connectivity index (χ0v) is 17.8. The van der Waals surface area contributed by atoms with Gasteiger partial charge in [-0.3, -0.25) is 4.98 Å². The molecule has 1 aromatic heterocycles. The summed E-state index contributed by atoms with van der Waals surface area (Å²) in [7, 11) is 0. The van der Waals surface area contributed by atoms with Crippen LogP contribution in [0.1, 0.15) is 22.6 Å². The van der Waals surface area contributed by atoms with E-state index >= 15 is 0 Å². The number of carboxylic acid groups (broad SMARTS) is 1. The second-order valence-electron chi connectivity index (χ2n) is 8.05. The van der Waals surface area contributed by atoms with E-state index < -0.39 is 18.1 Å². The lowest BCUT2D eigenvalue weighted by atomic mass is 9.98. The number of fused-ring (bicyclic) bond motifs is 4. The van der Waals surface area contributed by atoms with Gasteiger partial charge in [0.25, 0.3) is 0 Å². The Balaban J connectivity index is 1.29. The summed E-state index contributed by atoms with van der Waals surface area (Å²) >= 11 is 0. The van der Waals surface area contributed by atoms with Crippen LogP contribution in [0.5, 0.6) is 0 Å². The molecule has 4 aromatic rings. The highest BCUT2D eigenvalue weighted by atomic mass is 16.5. The third-order valence-electron chi connectivity index (χ3n) is 6.10. The van der Waals surface area contributed by atoms with Crippen LogP contribution in [-0.2, 0) is 16.0 Å². The molecule has 3 aromatic carbocycles. The molecule has 6 nitrogen and oxygen atoms in total. The second kappa shape index (κ2) is 8.74. The number of ether oxygens (including phenoxy) is 1. The first kappa shape index (κ1) is 20.7. The quantitative estimate of drug-likeness (QED) is 0.453. The number of aromatic nitrogens is 1. The van der Waals surface area contributed by atoms with Gasteiger partial charge in [0, 0.05) is 23.9 Å². The lowest BCUT2D eigenvalue weighted by molar-refractivity contribution is -0.139. The minimum absolute atomic E-state index is 0.0874. The molecule has 0 unspecified atom stereocenters. The third-order valence-corrected chi connectivity index (χ3v) is 6.10. The van der Waals surface area contributed by atoms with Gasteiger partial charge in [0.2, 0.25) is 0 Å². The summed E-state index contributed by atoms with van der Waals surface area (Å²) in [5.74, 6) is -1.21. The molecule has 5 rings (SSSR count). The predicted octanol–water partition coefficient (Wildman–Crippen LogP) is 4.77.